The zero-order valence-electron chi connectivity index (χ0n) is 11.2. The lowest BCUT2D eigenvalue weighted by molar-refractivity contribution is -0.143. The van der Waals surface area contributed by atoms with Crippen molar-refractivity contribution in [2.75, 3.05) is 13.2 Å². The lowest BCUT2D eigenvalue weighted by Crippen LogP contribution is -2.22. The van der Waals surface area contributed by atoms with E-state index in [4.69, 9.17) is 4.74 Å². The van der Waals surface area contributed by atoms with Crippen LogP contribution in [-0.4, -0.2) is 24.1 Å². The van der Waals surface area contributed by atoms with E-state index in [1.54, 1.807) is 11.3 Å². The van der Waals surface area contributed by atoms with Crippen LogP contribution in [0.2, 0.25) is 0 Å². The second kappa shape index (κ2) is 6.63. The summed E-state index contributed by atoms with van der Waals surface area (Å²) < 4.78 is 6.08. The number of carbonyl (C=O) groups excluding carboxylic acids is 1. The van der Waals surface area contributed by atoms with E-state index in [1.807, 2.05) is 25.1 Å². The fraction of sp³-hybridized carbons (Fsp3) is 0.429. The van der Waals surface area contributed by atoms with Crippen molar-refractivity contribution in [3.05, 3.63) is 29.3 Å². The first-order valence-corrected chi connectivity index (χ1v) is 7.27. The van der Waals surface area contributed by atoms with E-state index in [1.165, 1.54) is 4.70 Å². The molecule has 0 aliphatic heterocycles. The van der Waals surface area contributed by atoms with Gasteiger partial charge in [-0.2, -0.15) is 0 Å². The Labute approximate surface area is 116 Å². The number of esters is 1. The van der Waals surface area contributed by atoms with Crippen molar-refractivity contribution in [2.45, 2.75) is 26.3 Å². The van der Waals surface area contributed by atoms with Crippen LogP contribution in [0.25, 0.3) is 10.2 Å². The zero-order chi connectivity index (χ0) is 13.7. The first kappa shape index (κ1) is 14.0. The molecule has 0 fully saturated rings. The molecule has 4 nitrogen and oxygen atoms in total. The molecule has 0 amide bonds. The van der Waals surface area contributed by atoms with E-state index in [9.17, 15) is 4.79 Å². The molecule has 0 saturated heterocycles. The maximum atomic E-state index is 11.2. The summed E-state index contributed by atoms with van der Waals surface area (Å²) in [6.45, 7) is 4.92. The van der Waals surface area contributed by atoms with E-state index >= 15 is 0 Å². The van der Waals surface area contributed by atoms with Crippen LogP contribution in [0.15, 0.2) is 24.3 Å². The molecule has 2 rings (SSSR count). The van der Waals surface area contributed by atoms with Gasteiger partial charge >= 0.3 is 5.97 Å². The normalized spacial score (nSPS) is 12.5. The third-order valence-corrected chi connectivity index (χ3v) is 3.98. The Bertz CT molecular complexity index is 520. The Morgan fingerprint density at radius 3 is 3.00 bits per heavy atom. The molecule has 0 radical (unpaired) electrons. The van der Waals surface area contributed by atoms with E-state index < -0.39 is 0 Å². The molecule has 1 heterocycles. The van der Waals surface area contributed by atoms with Crippen molar-refractivity contribution in [1.29, 1.82) is 0 Å². The van der Waals surface area contributed by atoms with Crippen LogP contribution < -0.4 is 5.32 Å². The van der Waals surface area contributed by atoms with Gasteiger partial charge in [-0.15, -0.1) is 11.3 Å². The minimum Gasteiger partial charge on any atom is -0.466 e. The highest BCUT2D eigenvalue weighted by Gasteiger charge is 2.11. The highest BCUT2D eigenvalue weighted by atomic mass is 32.1. The molecule has 1 atom stereocenters. The second-order valence-corrected chi connectivity index (χ2v) is 5.31. The predicted octanol–water partition coefficient (Wildman–Crippen LogP) is 2.90. The van der Waals surface area contributed by atoms with Crippen molar-refractivity contribution >= 4 is 27.5 Å². The average Bonchev–Trinajstić information content (AvgIpc) is 2.82. The van der Waals surface area contributed by atoms with Crippen LogP contribution in [-0.2, 0) is 9.53 Å². The molecule has 5 heteroatoms. The van der Waals surface area contributed by atoms with Crippen molar-refractivity contribution in [3.63, 3.8) is 0 Å². The quantitative estimate of drug-likeness (QED) is 0.825. The Kier molecular flexibility index (Phi) is 4.87. The second-order valence-electron chi connectivity index (χ2n) is 4.25. The predicted molar refractivity (Wildman–Crippen MR) is 77.3 cm³/mol. The van der Waals surface area contributed by atoms with Gasteiger partial charge in [0.2, 0.25) is 0 Å². The first-order valence-electron chi connectivity index (χ1n) is 6.45. The van der Waals surface area contributed by atoms with Gasteiger partial charge in [0.1, 0.15) is 5.01 Å². The third-order valence-electron chi connectivity index (χ3n) is 2.77. The lowest BCUT2D eigenvalue weighted by Gasteiger charge is -2.10. The minimum atomic E-state index is -0.161. The molecular formula is C14H18N2O2S. The molecule has 1 unspecified atom stereocenters. The summed E-state index contributed by atoms with van der Waals surface area (Å²) in [6, 6.07) is 8.24. The SMILES string of the molecule is CCOC(=O)CCNC(C)c1nc2ccccc2s1. The Morgan fingerprint density at radius 2 is 2.26 bits per heavy atom. The van der Waals surface area contributed by atoms with Gasteiger partial charge in [-0.05, 0) is 26.0 Å². The Morgan fingerprint density at radius 1 is 1.47 bits per heavy atom. The van der Waals surface area contributed by atoms with Crippen molar-refractivity contribution < 1.29 is 9.53 Å². The Hall–Kier alpha value is -1.46. The van der Waals surface area contributed by atoms with Crippen molar-refractivity contribution in [1.82, 2.24) is 10.3 Å². The molecule has 1 N–H and O–H groups in total. The molecule has 19 heavy (non-hydrogen) atoms. The number of hydrogen-bond donors (Lipinski definition) is 1. The lowest BCUT2D eigenvalue weighted by atomic mass is 10.3. The third kappa shape index (κ3) is 3.75. The number of nitrogens with one attached hydrogen (secondary N) is 1. The molecule has 0 aliphatic rings. The van der Waals surface area contributed by atoms with Gasteiger partial charge in [0, 0.05) is 6.54 Å². The van der Waals surface area contributed by atoms with Crippen LogP contribution in [0.1, 0.15) is 31.3 Å². The number of thiazole rings is 1. The molecule has 0 spiro atoms. The summed E-state index contributed by atoms with van der Waals surface area (Å²) in [4.78, 5) is 15.8. The standard InChI is InChI=1S/C14H18N2O2S/c1-3-18-13(17)8-9-15-10(2)14-16-11-6-4-5-7-12(11)19-14/h4-7,10,15H,3,8-9H2,1-2H3. The number of hydrogen-bond acceptors (Lipinski definition) is 5. The number of nitrogens with zero attached hydrogens (tertiary/aromatic N) is 1. The maximum Gasteiger partial charge on any atom is 0.307 e. The van der Waals surface area contributed by atoms with Crippen LogP contribution in [0.5, 0.6) is 0 Å². The molecule has 0 aliphatic carbocycles. The summed E-state index contributed by atoms with van der Waals surface area (Å²) in [5.74, 6) is -0.161. The molecule has 1 aromatic carbocycles. The summed E-state index contributed by atoms with van der Waals surface area (Å²) in [6.07, 6.45) is 0.392. The fourth-order valence-electron chi connectivity index (χ4n) is 1.79. The van der Waals surface area contributed by atoms with Crippen LogP contribution in [0.3, 0.4) is 0 Å². The highest BCUT2D eigenvalue weighted by Crippen LogP contribution is 2.25. The molecule has 102 valence electrons. The maximum absolute atomic E-state index is 11.2. The largest absolute Gasteiger partial charge is 0.466 e. The molecular weight excluding hydrogens is 260 g/mol. The Balaban J connectivity index is 1.89. The average molecular weight is 278 g/mol. The van der Waals surface area contributed by atoms with Gasteiger partial charge < -0.3 is 10.1 Å². The van der Waals surface area contributed by atoms with E-state index in [-0.39, 0.29) is 12.0 Å². The number of fused-ring (bicyclic) bond motifs is 1. The number of benzene rings is 1. The summed E-state index contributed by atoms with van der Waals surface area (Å²) in [5.41, 5.74) is 1.03. The number of para-hydroxylation sites is 1. The number of carbonyl (C=O) groups is 1. The van der Waals surface area contributed by atoms with Crippen molar-refractivity contribution in [2.24, 2.45) is 0 Å². The summed E-state index contributed by atoms with van der Waals surface area (Å²) in [7, 11) is 0. The number of aromatic nitrogens is 1. The van der Waals surface area contributed by atoms with E-state index in [0.29, 0.717) is 19.6 Å². The smallest absolute Gasteiger partial charge is 0.307 e. The zero-order valence-corrected chi connectivity index (χ0v) is 12.0. The van der Waals surface area contributed by atoms with Crippen LogP contribution in [0, 0.1) is 0 Å². The molecule has 1 aromatic heterocycles. The summed E-state index contributed by atoms with van der Waals surface area (Å²) >= 11 is 1.68. The van der Waals surface area contributed by atoms with E-state index in [2.05, 4.69) is 23.3 Å². The first-order chi connectivity index (χ1) is 9.20. The van der Waals surface area contributed by atoms with Gasteiger partial charge in [-0.25, -0.2) is 4.98 Å². The van der Waals surface area contributed by atoms with Gasteiger partial charge in [0.05, 0.1) is 29.3 Å². The van der Waals surface area contributed by atoms with Crippen LogP contribution in [0.4, 0.5) is 0 Å². The van der Waals surface area contributed by atoms with Crippen LogP contribution >= 0.6 is 11.3 Å². The van der Waals surface area contributed by atoms with Gasteiger partial charge in [0.15, 0.2) is 0 Å². The molecule has 0 bridgehead atoms. The summed E-state index contributed by atoms with van der Waals surface area (Å²) in [5, 5.41) is 4.34. The number of ether oxygens (including phenoxy) is 1. The molecule has 0 saturated carbocycles. The topological polar surface area (TPSA) is 51.2 Å². The highest BCUT2D eigenvalue weighted by molar-refractivity contribution is 7.18. The minimum absolute atomic E-state index is 0.145. The monoisotopic (exact) mass is 278 g/mol. The van der Waals surface area contributed by atoms with E-state index in [0.717, 1.165) is 10.5 Å². The van der Waals surface area contributed by atoms with Gasteiger partial charge in [-0.1, -0.05) is 12.1 Å². The van der Waals surface area contributed by atoms with Crippen molar-refractivity contribution in [3.8, 4) is 0 Å². The van der Waals surface area contributed by atoms with Gasteiger partial charge in [-0.3, -0.25) is 4.79 Å². The van der Waals surface area contributed by atoms with Gasteiger partial charge in [0.25, 0.3) is 0 Å². The number of rotatable bonds is 6. The fourth-order valence-corrected chi connectivity index (χ4v) is 2.78. The molecule has 2 aromatic rings.